The number of ether oxygens (including phenoxy) is 1. The lowest BCUT2D eigenvalue weighted by Crippen LogP contribution is -2.10. The summed E-state index contributed by atoms with van der Waals surface area (Å²) in [5, 5.41) is 10.1. The van der Waals surface area contributed by atoms with Gasteiger partial charge in [0, 0.05) is 24.2 Å². The van der Waals surface area contributed by atoms with Gasteiger partial charge in [-0.1, -0.05) is 43.6 Å². The molecule has 0 spiro atoms. The fourth-order valence-corrected chi connectivity index (χ4v) is 1.99. The van der Waals surface area contributed by atoms with Gasteiger partial charge >= 0.3 is 0 Å². The van der Waals surface area contributed by atoms with Crippen LogP contribution in [0.25, 0.3) is 0 Å². The summed E-state index contributed by atoms with van der Waals surface area (Å²) in [6, 6.07) is 7.66. The van der Waals surface area contributed by atoms with Crippen LogP contribution in [-0.2, 0) is 4.74 Å². The van der Waals surface area contributed by atoms with Crippen molar-refractivity contribution in [3.05, 3.63) is 34.9 Å². The number of halogens is 1. The van der Waals surface area contributed by atoms with E-state index < -0.39 is 0 Å². The number of aliphatic hydroxyl groups is 1. The summed E-state index contributed by atoms with van der Waals surface area (Å²) >= 11 is 6.11. The molecule has 0 amide bonds. The first-order chi connectivity index (χ1) is 8.15. The van der Waals surface area contributed by atoms with Crippen molar-refractivity contribution in [3.63, 3.8) is 0 Å². The van der Waals surface area contributed by atoms with Gasteiger partial charge in [0.05, 0.1) is 6.61 Å². The van der Waals surface area contributed by atoms with E-state index in [4.69, 9.17) is 16.3 Å². The van der Waals surface area contributed by atoms with Crippen LogP contribution in [0.15, 0.2) is 24.3 Å². The maximum Gasteiger partial charge on any atom is 0.0501 e. The lowest BCUT2D eigenvalue weighted by molar-refractivity contribution is 0.0978. The third-order valence-corrected chi connectivity index (χ3v) is 2.97. The SMILES string of the molecule is CC(C)COCCC(CO)c1ccccc1Cl. The molecule has 1 aromatic carbocycles. The van der Waals surface area contributed by atoms with E-state index in [2.05, 4.69) is 13.8 Å². The van der Waals surface area contributed by atoms with E-state index in [0.29, 0.717) is 12.5 Å². The maximum atomic E-state index is 9.40. The highest BCUT2D eigenvalue weighted by Crippen LogP contribution is 2.26. The quantitative estimate of drug-likeness (QED) is 0.757. The molecule has 0 aliphatic heterocycles. The van der Waals surface area contributed by atoms with Gasteiger partial charge in [-0.25, -0.2) is 0 Å². The van der Waals surface area contributed by atoms with Gasteiger partial charge in [-0.15, -0.1) is 0 Å². The van der Waals surface area contributed by atoms with Crippen LogP contribution in [0.2, 0.25) is 5.02 Å². The van der Waals surface area contributed by atoms with E-state index in [0.717, 1.165) is 23.6 Å². The molecule has 0 fully saturated rings. The Morgan fingerprint density at radius 3 is 2.59 bits per heavy atom. The van der Waals surface area contributed by atoms with Crippen molar-refractivity contribution in [2.75, 3.05) is 19.8 Å². The zero-order valence-electron chi connectivity index (χ0n) is 10.5. The minimum atomic E-state index is 0.0656. The molecule has 0 aliphatic rings. The van der Waals surface area contributed by atoms with Crippen LogP contribution >= 0.6 is 11.6 Å². The molecule has 0 aliphatic carbocycles. The van der Waals surface area contributed by atoms with Crippen LogP contribution in [-0.4, -0.2) is 24.9 Å². The molecule has 0 aromatic heterocycles. The average molecular weight is 257 g/mol. The first kappa shape index (κ1) is 14.5. The van der Waals surface area contributed by atoms with E-state index in [1.807, 2.05) is 24.3 Å². The summed E-state index contributed by atoms with van der Waals surface area (Å²) in [4.78, 5) is 0. The molecule has 1 N–H and O–H groups in total. The Labute approximate surface area is 109 Å². The first-order valence-electron chi connectivity index (χ1n) is 6.08. The smallest absolute Gasteiger partial charge is 0.0501 e. The summed E-state index contributed by atoms with van der Waals surface area (Å²) < 4.78 is 5.53. The Hall–Kier alpha value is -0.570. The highest BCUT2D eigenvalue weighted by Gasteiger charge is 2.13. The second-order valence-corrected chi connectivity index (χ2v) is 5.07. The van der Waals surface area contributed by atoms with Crippen molar-refractivity contribution in [2.45, 2.75) is 26.2 Å². The van der Waals surface area contributed by atoms with E-state index in [-0.39, 0.29) is 12.5 Å². The van der Waals surface area contributed by atoms with Crippen LogP contribution in [0.4, 0.5) is 0 Å². The van der Waals surface area contributed by atoms with Gasteiger partial charge in [-0.2, -0.15) is 0 Å². The second kappa shape index (κ2) is 7.70. The molecule has 1 aromatic rings. The van der Waals surface area contributed by atoms with Crippen molar-refractivity contribution in [2.24, 2.45) is 5.92 Å². The summed E-state index contributed by atoms with van der Waals surface area (Å²) in [6.07, 6.45) is 0.799. The second-order valence-electron chi connectivity index (χ2n) is 4.66. The minimum Gasteiger partial charge on any atom is -0.396 e. The zero-order chi connectivity index (χ0) is 12.7. The molecular weight excluding hydrogens is 236 g/mol. The standard InChI is InChI=1S/C14H21ClO2/c1-11(2)10-17-8-7-12(9-16)13-5-3-4-6-14(13)15/h3-6,11-12,16H,7-10H2,1-2H3. The van der Waals surface area contributed by atoms with Crippen molar-refractivity contribution in [3.8, 4) is 0 Å². The molecule has 1 rings (SSSR count). The van der Waals surface area contributed by atoms with Crippen molar-refractivity contribution in [1.82, 2.24) is 0 Å². The molecule has 1 unspecified atom stereocenters. The van der Waals surface area contributed by atoms with Gasteiger partial charge in [0.25, 0.3) is 0 Å². The van der Waals surface area contributed by atoms with Gasteiger partial charge in [0.1, 0.15) is 0 Å². The predicted octanol–water partition coefficient (Wildman–Crippen LogP) is 3.48. The molecule has 0 saturated carbocycles. The number of hydrogen-bond acceptors (Lipinski definition) is 2. The minimum absolute atomic E-state index is 0.0656. The Balaban J connectivity index is 2.46. The fourth-order valence-electron chi connectivity index (χ4n) is 1.70. The molecule has 1 atom stereocenters. The summed E-state index contributed by atoms with van der Waals surface area (Å²) in [5.74, 6) is 0.610. The lowest BCUT2D eigenvalue weighted by atomic mass is 9.97. The molecular formula is C14H21ClO2. The van der Waals surface area contributed by atoms with Crippen LogP contribution in [0, 0.1) is 5.92 Å². The molecule has 2 nitrogen and oxygen atoms in total. The topological polar surface area (TPSA) is 29.5 Å². The third kappa shape index (κ3) is 5.07. The molecule has 0 bridgehead atoms. The number of rotatable bonds is 7. The lowest BCUT2D eigenvalue weighted by Gasteiger charge is -2.16. The van der Waals surface area contributed by atoms with E-state index >= 15 is 0 Å². The Morgan fingerprint density at radius 2 is 2.00 bits per heavy atom. The zero-order valence-corrected chi connectivity index (χ0v) is 11.3. The van der Waals surface area contributed by atoms with Gasteiger partial charge in [0.2, 0.25) is 0 Å². The molecule has 0 saturated heterocycles. The fraction of sp³-hybridized carbons (Fsp3) is 0.571. The summed E-state index contributed by atoms with van der Waals surface area (Å²) in [5.41, 5.74) is 1.00. The summed E-state index contributed by atoms with van der Waals surface area (Å²) in [6.45, 7) is 5.78. The number of aliphatic hydroxyl groups excluding tert-OH is 1. The largest absolute Gasteiger partial charge is 0.396 e. The normalized spacial score (nSPS) is 13.0. The van der Waals surface area contributed by atoms with Crippen LogP contribution in [0.3, 0.4) is 0 Å². The van der Waals surface area contributed by atoms with Crippen LogP contribution < -0.4 is 0 Å². The van der Waals surface area contributed by atoms with Crippen molar-refractivity contribution < 1.29 is 9.84 Å². The first-order valence-corrected chi connectivity index (χ1v) is 6.46. The molecule has 96 valence electrons. The van der Waals surface area contributed by atoms with Crippen LogP contribution in [0.5, 0.6) is 0 Å². The Morgan fingerprint density at radius 1 is 1.29 bits per heavy atom. The molecule has 17 heavy (non-hydrogen) atoms. The third-order valence-electron chi connectivity index (χ3n) is 2.63. The van der Waals surface area contributed by atoms with Crippen LogP contribution in [0.1, 0.15) is 31.7 Å². The monoisotopic (exact) mass is 256 g/mol. The van der Waals surface area contributed by atoms with Gasteiger partial charge < -0.3 is 9.84 Å². The molecule has 0 radical (unpaired) electrons. The molecule has 3 heteroatoms. The highest BCUT2D eigenvalue weighted by atomic mass is 35.5. The Bertz CT molecular complexity index is 326. The Kier molecular flexibility index (Phi) is 6.56. The molecule has 0 heterocycles. The number of benzene rings is 1. The maximum absolute atomic E-state index is 9.40. The number of hydrogen-bond donors (Lipinski definition) is 1. The summed E-state index contributed by atoms with van der Waals surface area (Å²) in [7, 11) is 0. The van der Waals surface area contributed by atoms with E-state index in [9.17, 15) is 5.11 Å². The predicted molar refractivity (Wildman–Crippen MR) is 71.6 cm³/mol. The van der Waals surface area contributed by atoms with Gasteiger partial charge in [0.15, 0.2) is 0 Å². The van der Waals surface area contributed by atoms with Gasteiger partial charge in [-0.05, 0) is 24.0 Å². The average Bonchev–Trinajstić information content (AvgIpc) is 2.30. The van der Waals surface area contributed by atoms with Gasteiger partial charge in [-0.3, -0.25) is 0 Å². The van der Waals surface area contributed by atoms with E-state index in [1.165, 1.54) is 0 Å². The van der Waals surface area contributed by atoms with E-state index in [1.54, 1.807) is 0 Å². The van der Waals surface area contributed by atoms with Crippen molar-refractivity contribution in [1.29, 1.82) is 0 Å². The van der Waals surface area contributed by atoms with Crippen molar-refractivity contribution >= 4 is 11.6 Å². The highest BCUT2D eigenvalue weighted by molar-refractivity contribution is 6.31.